The Hall–Kier alpha value is -1.62. The number of hydrogen-bond donors (Lipinski definition) is 1. The maximum absolute atomic E-state index is 10.7. The van der Waals surface area contributed by atoms with Crippen molar-refractivity contribution in [1.82, 2.24) is 5.32 Å². The molecule has 0 saturated carbocycles. The van der Waals surface area contributed by atoms with Crippen molar-refractivity contribution in [2.24, 2.45) is 0 Å². The third-order valence-corrected chi connectivity index (χ3v) is 2.53. The second kappa shape index (κ2) is 6.85. The number of nitro groups is 1. The summed E-state index contributed by atoms with van der Waals surface area (Å²) in [7, 11) is 0. The summed E-state index contributed by atoms with van der Waals surface area (Å²) in [6.45, 7) is 5.29. The van der Waals surface area contributed by atoms with Gasteiger partial charge in [0.2, 0.25) is 0 Å². The van der Waals surface area contributed by atoms with Crippen LogP contribution in [0.3, 0.4) is 0 Å². The zero-order chi connectivity index (χ0) is 12.7. The van der Waals surface area contributed by atoms with Gasteiger partial charge in [-0.2, -0.15) is 0 Å². The van der Waals surface area contributed by atoms with Crippen molar-refractivity contribution in [3.63, 3.8) is 0 Å². The molecule has 1 N–H and O–H groups in total. The monoisotopic (exact) mass is 238 g/mol. The molecule has 0 aliphatic carbocycles. The van der Waals surface area contributed by atoms with Crippen molar-refractivity contribution in [2.45, 2.75) is 26.3 Å². The van der Waals surface area contributed by atoms with Gasteiger partial charge in [-0.05, 0) is 19.4 Å². The molecular formula is C12H18N2O3. The Labute approximate surface area is 101 Å². The van der Waals surface area contributed by atoms with Crippen molar-refractivity contribution in [2.75, 3.05) is 13.2 Å². The molecular weight excluding hydrogens is 220 g/mol. The second-order valence-electron chi connectivity index (χ2n) is 3.84. The van der Waals surface area contributed by atoms with Gasteiger partial charge in [0, 0.05) is 18.7 Å². The Morgan fingerprint density at radius 1 is 1.47 bits per heavy atom. The summed E-state index contributed by atoms with van der Waals surface area (Å²) in [5, 5.41) is 14.0. The highest BCUT2D eigenvalue weighted by Crippen LogP contribution is 2.25. The molecule has 0 amide bonds. The number of para-hydroxylation sites is 2. The fraction of sp³-hybridized carbons (Fsp3) is 0.500. The van der Waals surface area contributed by atoms with Crippen LogP contribution in [0.5, 0.6) is 5.75 Å². The predicted octanol–water partition coefficient (Wildman–Crippen LogP) is 2.36. The molecule has 1 aromatic carbocycles. The number of rotatable bonds is 7. The standard InChI is InChI=1S/C12H18N2O3/c1-3-10(2)13-8-9-17-12-7-5-4-6-11(12)14(15)16/h4-7,10,13H,3,8-9H2,1-2H3/t10-/m0/s1. The fourth-order valence-corrected chi connectivity index (χ4v) is 1.34. The summed E-state index contributed by atoms with van der Waals surface area (Å²) in [5.74, 6) is 0.323. The molecule has 0 spiro atoms. The molecule has 0 saturated heterocycles. The summed E-state index contributed by atoms with van der Waals surface area (Å²) < 4.78 is 5.39. The number of ether oxygens (including phenoxy) is 1. The molecule has 5 nitrogen and oxygen atoms in total. The molecule has 0 radical (unpaired) electrons. The molecule has 0 aliphatic heterocycles. The molecule has 0 heterocycles. The number of benzene rings is 1. The lowest BCUT2D eigenvalue weighted by atomic mass is 10.3. The molecule has 0 unspecified atom stereocenters. The first-order valence-electron chi connectivity index (χ1n) is 5.74. The Bertz CT molecular complexity index is 369. The largest absolute Gasteiger partial charge is 0.485 e. The highest BCUT2D eigenvalue weighted by molar-refractivity contribution is 5.45. The first-order chi connectivity index (χ1) is 8.15. The van der Waals surface area contributed by atoms with Gasteiger partial charge in [0.05, 0.1) is 4.92 Å². The normalized spacial score (nSPS) is 12.1. The van der Waals surface area contributed by atoms with Crippen LogP contribution >= 0.6 is 0 Å². The third-order valence-electron chi connectivity index (χ3n) is 2.53. The molecule has 94 valence electrons. The van der Waals surface area contributed by atoms with E-state index in [9.17, 15) is 10.1 Å². The predicted molar refractivity (Wildman–Crippen MR) is 66.3 cm³/mol. The van der Waals surface area contributed by atoms with E-state index in [1.807, 2.05) is 0 Å². The Morgan fingerprint density at radius 3 is 2.82 bits per heavy atom. The SMILES string of the molecule is CC[C@H](C)NCCOc1ccccc1[N+](=O)[O-]. The van der Waals surface area contributed by atoms with Crippen LogP contribution in [-0.2, 0) is 0 Å². The van der Waals surface area contributed by atoms with E-state index in [2.05, 4.69) is 19.2 Å². The minimum Gasteiger partial charge on any atom is -0.485 e. The third kappa shape index (κ3) is 4.40. The van der Waals surface area contributed by atoms with Gasteiger partial charge in [-0.25, -0.2) is 0 Å². The molecule has 5 heteroatoms. The minimum absolute atomic E-state index is 0.0102. The van der Waals surface area contributed by atoms with E-state index in [0.717, 1.165) is 6.42 Å². The minimum atomic E-state index is -0.433. The van der Waals surface area contributed by atoms with E-state index in [-0.39, 0.29) is 5.69 Å². The molecule has 1 aromatic rings. The van der Waals surface area contributed by atoms with E-state index >= 15 is 0 Å². The van der Waals surface area contributed by atoms with Gasteiger partial charge in [-0.1, -0.05) is 19.1 Å². The second-order valence-corrected chi connectivity index (χ2v) is 3.84. The van der Waals surface area contributed by atoms with Crippen LogP contribution in [0.25, 0.3) is 0 Å². The Kier molecular flexibility index (Phi) is 5.42. The van der Waals surface area contributed by atoms with Gasteiger partial charge < -0.3 is 10.1 Å². The van der Waals surface area contributed by atoms with Crippen LogP contribution in [0.4, 0.5) is 5.69 Å². The van der Waals surface area contributed by atoms with Gasteiger partial charge in [-0.3, -0.25) is 10.1 Å². The van der Waals surface area contributed by atoms with Crippen LogP contribution in [0.15, 0.2) is 24.3 Å². The van der Waals surface area contributed by atoms with Gasteiger partial charge in [0.15, 0.2) is 5.75 Å². The van der Waals surface area contributed by atoms with Gasteiger partial charge >= 0.3 is 5.69 Å². The lowest BCUT2D eigenvalue weighted by Gasteiger charge is -2.11. The quantitative estimate of drug-likeness (QED) is 0.450. The number of nitrogens with zero attached hydrogens (tertiary/aromatic N) is 1. The zero-order valence-electron chi connectivity index (χ0n) is 10.2. The van der Waals surface area contributed by atoms with E-state index in [4.69, 9.17) is 4.74 Å². The average molecular weight is 238 g/mol. The summed E-state index contributed by atoms with van der Waals surface area (Å²) in [6.07, 6.45) is 1.05. The molecule has 1 rings (SSSR count). The number of nitro benzene ring substituents is 1. The smallest absolute Gasteiger partial charge is 0.310 e. The van der Waals surface area contributed by atoms with Gasteiger partial charge in [0.1, 0.15) is 6.61 Å². The van der Waals surface area contributed by atoms with E-state index in [0.29, 0.717) is 24.9 Å². The Balaban J connectivity index is 2.44. The van der Waals surface area contributed by atoms with Crippen LogP contribution in [0, 0.1) is 10.1 Å². The number of hydrogen-bond acceptors (Lipinski definition) is 4. The summed E-state index contributed by atoms with van der Waals surface area (Å²) in [5.41, 5.74) is 0.0102. The number of nitrogens with one attached hydrogen (secondary N) is 1. The van der Waals surface area contributed by atoms with Crippen LogP contribution in [0.1, 0.15) is 20.3 Å². The first-order valence-corrected chi connectivity index (χ1v) is 5.74. The summed E-state index contributed by atoms with van der Waals surface area (Å²) in [6, 6.07) is 6.84. The van der Waals surface area contributed by atoms with E-state index in [1.54, 1.807) is 18.2 Å². The zero-order valence-corrected chi connectivity index (χ0v) is 10.2. The molecule has 0 aliphatic rings. The Morgan fingerprint density at radius 2 is 2.18 bits per heavy atom. The van der Waals surface area contributed by atoms with Crippen molar-refractivity contribution in [1.29, 1.82) is 0 Å². The fourth-order valence-electron chi connectivity index (χ4n) is 1.34. The maximum Gasteiger partial charge on any atom is 0.310 e. The highest BCUT2D eigenvalue weighted by Gasteiger charge is 2.12. The van der Waals surface area contributed by atoms with E-state index in [1.165, 1.54) is 6.07 Å². The van der Waals surface area contributed by atoms with Crippen molar-refractivity contribution in [3.05, 3.63) is 34.4 Å². The maximum atomic E-state index is 10.7. The first kappa shape index (κ1) is 13.4. The van der Waals surface area contributed by atoms with Crippen LogP contribution in [-0.4, -0.2) is 24.1 Å². The molecule has 0 bridgehead atoms. The highest BCUT2D eigenvalue weighted by atomic mass is 16.6. The van der Waals surface area contributed by atoms with Crippen molar-refractivity contribution < 1.29 is 9.66 Å². The van der Waals surface area contributed by atoms with Crippen molar-refractivity contribution in [3.8, 4) is 5.75 Å². The summed E-state index contributed by atoms with van der Waals surface area (Å²) in [4.78, 5) is 10.3. The van der Waals surface area contributed by atoms with E-state index < -0.39 is 4.92 Å². The van der Waals surface area contributed by atoms with Crippen molar-refractivity contribution >= 4 is 5.69 Å². The topological polar surface area (TPSA) is 64.4 Å². The molecule has 1 atom stereocenters. The molecule has 17 heavy (non-hydrogen) atoms. The summed E-state index contributed by atoms with van der Waals surface area (Å²) >= 11 is 0. The van der Waals surface area contributed by atoms with Gasteiger partial charge in [0.25, 0.3) is 0 Å². The van der Waals surface area contributed by atoms with Crippen LogP contribution in [0.2, 0.25) is 0 Å². The molecule has 0 aromatic heterocycles. The molecule has 0 fully saturated rings. The van der Waals surface area contributed by atoms with Crippen LogP contribution < -0.4 is 10.1 Å². The average Bonchev–Trinajstić information content (AvgIpc) is 2.34. The lowest BCUT2D eigenvalue weighted by Crippen LogP contribution is -2.29. The lowest BCUT2D eigenvalue weighted by molar-refractivity contribution is -0.385. The van der Waals surface area contributed by atoms with Gasteiger partial charge in [-0.15, -0.1) is 0 Å².